The van der Waals surface area contributed by atoms with E-state index in [1.165, 1.54) is 6.92 Å². The molecule has 2 aliphatic heterocycles. The molecule has 2 aromatic rings. The zero-order valence-corrected chi connectivity index (χ0v) is 15.9. The number of benzene rings is 2. The number of guanidine groups is 1. The maximum absolute atomic E-state index is 12.5. The van der Waals surface area contributed by atoms with Crippen LogP contribution in [0.5, 0.6) is 5.75 Å². The Kier molecular flexibility index (Phi) is 4.92. The molecule has 0 saturated carbocycles. The minimum Gasteiger partial charge on any atom is -0.488 e. The van der Waals surface area contributed by atoms with Gasteiger partial charge in [-0.25, -0.2) is 4.99 Å². The molecular weight excluding hydrogens is 382 g/mol. The van der Waals surface area contributed by atoms with Crippen LogP contribution in [0.15, 0.2) is 47.5 Å². The molecule has 2 heterocycles. The Balaban J connectivity index is 1.58. The van der Waals surface area contributed by atoms with Crippen molar-refractivity contribution in [3.63, 3.8) is 0 Å². The molecule has 0 aromatic heterocycles. The van der Waals surface area contributed by atoms with Crippen LogP contribution in [0.4, 0.5) is 5.69 Å². The second-order valence-electron chi connectivity index (χ2n) is 6.43. The van der Waals surface area contributed by atoms with Gasteiger partial charge in [0.15, 0.2) is 0 Å². The van der Waals surface area contributed by atoms with E-state index in [0.717, 1.165) is 11.1 Å². The standard InChI is InChI=1S/C20H18ClN3O4/c1-12(25)27-9-10-28-16-8-7-15-14(17(16)21)11-24-18(13-5-3-2-4-6-13)19(26)23-20(24)22-15/h2-8,18H,9-11H2,1H3,(H,22,23,26). The van der Waals surface area contributed by atoms with E-state index in [2.05, 4.69) is 10.3 Å². The van der Waals surface area contributed by atoms with Gasteiger partial charge >= 0.3 is 5.97 Å². The van der Waals surface area contributed by atoms with E-state index in [1.807, 2.05) is 35.2 Å². The molecule has 7 nitrogen and oxygen atoms in total. The SMILES string of the molecule is CC(=O)OCCOc1ccc2c(c1Cl)CN1C(=N2)NC(=O)C1c1ccccc1. The Morgan fingerprint density at radius 2 is 2.04 bits per heavy atom. The van der Waals surface area contributed by atoms with Gasteiger partial charge in [0.25, 0.3) is 5.91 Å². The van der Waals surface area contributed by atoms with Crippen LogP contribution in [0, 0.1) is 0 Å². The molecule has 2 aromatic carbocycles. The first-order valence-electron chi connectivity index (χ1n) is 8.83. The lowest BCUT2D eigenvalue weighted by Gasteiger charge is -2.29. The number of amides is 1. The third-order valence-corrected chi connectivity index (χ3v) is 4.98. The second-order valence-corrected chi connectivity index (χ2v) is 6.81. The molecule has 0 bridgehead atoms. The molecule has 4 rings (SSSR count). The van der Waals surface area contributed by atoms with Crippen molar-refractivity contribution in [2.75, 3.05) is 13.2 Å². The molecule has 1 saturated heterocycles. The smallest absolute Gasteiger partial charge is 0.302 e. The summed E-state index contributed by atoms with van der Waals surface area (Å²) in [5, 5.41) is 3.29. The number of nitrogens with one attached hydrogen (secondary N) is 1. The van der Waals surface area contributed by atoms with E-state index in [9.17, 15) is 9.59 Å². The van der Waals surface area contributed by atoms with Crippen molar-refractivity contribution in [3.05, 3.63) is 58.6 Å². The summed E-state index contributed by atoms with van der Waals surface area (Å²) in [5.41, 5.74) is 2.36. The topological polar surface area (TPSA) is 80.2 Å². The number of ether oxygens (including phenoxy) is 2. The lowest BCUT2D eigenvalue weighted by atomic mass is 10.0. The maximum Gasteiger partial charge on any atom is 0.302 e. The summed E-state index contributed by atoms with van der Waals surface area (Å²) >= 11 is 6.55. The summed E-state index contributed by atoms with van der Waals surface area (Å²) in [6, 6.07) is 12.6. The molecule has 2 aliphatic rings. The number of rotatable bonds is 5. The van der Waals surface area contributed by atoms with E-state index >= 15 is 0 Å². The normalized spacial score (nSPS) is 17.4. The van der Waals surface area contributed by atoms with E-state index < -0.39 is 6.04 Å². The molecule has 0 aliphatic carbocycles. The van der Waals surface area contributed by atoms with Gasteiger partial charge in [-0.1, -0.05) is 41.9 Å². The Morgan fingerprint density at radius 3 is 2.79 bits per heavy atom. The van der Waals surface area contributed by atoms with E-state index in [4.69, 9.17) is 21.1 Å². The van der Waals surface area contributed by atoms with E-state index in [0.29, 0.717) is 29.0 Å². The first-order valence-corrected chi connectivity index (χ1v) is 9.21. The Bertz CT molecular complexity index is 961. The number of hydrogen-bond donors (Lipinski definition) is 1. The Hall–Kier alpha value is -3.06. The fraction of sp³-hybridized carbons (Fsp3) is 0.250. The molecule has 1 unspecified atom stereocenters. The summed E-state index contributed by atoms with van der Waals surface area (Å²) in [4.78, 5) is 29.8. The summed E-state index contributed by atoms with van der Waals surface area (Å²) in [7, 11) is 0. The summed E-state index contributed by atoms with van der Waals surface area (Å²) in [6.07, 6.45) is 0. The van der Waals surface area contributed by atoms with Crippen molar-refractivity contribution in [1.29, 1.82) is 0 Å². The summed E-state index contributed by atoms with van der Waals surface area (Å²) in [6.45, 7) is 2.11. The predicted octanol–water partition coefficient (Wildman–Crippen LogP) is 2.96. The third kappa shape index (κ3) is 3.41. The molecule has 0 radical (unpaired) electrons. The van der Waals surface area contributed by atoms with Gasteiger partial charge in [0.2, 0.25) is 5.96 Å². The van der Waals surface area contributed by atoms with Crippen LogP contribution in [0.25, 0.3) is 0 Å². The fourth-order valence-electron chi connectivity index (χ4n) is 3.32. The lowest BCUT2D eigenvalue weighted by Crippen LogP contribution is -2.33. The van der Waals surface area contributed by atoms with Crippen LogP contribution in [0.2, 0.25) is 5.02 Å². The van der Waals surface area contributed by atoms with Crippen molar-refractivity contribution < 1.29 is 19.1 Å². The molecule has 144 valence electrons. The van der Waals surface area contributed by atoms with Gasteiger partial charge in [0.05, 0.1) is 17.3 Å². The zero-order chi connectivity index (χ0) is 19.7. The van der Waals surface area contributed by atoms with Gasteiger partial charge in [-0.2, -0.15) is 0 Å². The highest BCUT2D eigenvalue weighted by Gasteiger charge is 2.40. The quantitative estimate of drug-likeness (QED) is 0.617. The van der Waals surface area contributed by atoms with Gasteiger partial charge in [-0.3, -0.25) is 14.9 Å². The first-order chi connectivity index (χ1) is 13.5. The minimum absolute atomic E-state index is 0.119. The number of nitrogens with zero attached hydrogens (tertiary/aromatic N) is 2. The highest BCUT2D eigenvalue weighted by Crippen LogP contribution is 2.41. The Labute approximate surface area is 166 Å². The van der Waals surface area contributed by atoms with Crippen LogP contribution in [-0.2, 0) is 20.9 Å². The summed E-state index contributed by atoms with van der Waals surface area (Å²) < 4.78 is 10.5. The number of esters is 1. The Morgan fingerprint density at radius 1 is 1.25 bits per heavy atom. The van der Waals surface area contributed by atoms with Crippen LogP contribution in [-0.4, -0.2) is 35.9 Å². The molecule has 0 spiro atoms. The monoisotopic (exact) mass is 399 g/mol. The molecule has 1 amide bonds. The predicted molar refractivity (Wildman–Crippen MR) is 104 cm³/mol. The second kappa shape index (κ2) is 7.52. The number of carbonyl (C=O) groups excluding carboxylic acids is 2. The van der Waals surface area contributed by atoms with Gasteiger partial charge in [-0.05, 0) is 17.7 Å². The molecule has 1 fully saturated rings. The average molecular weight is 400 g/mol. The van der Waals surface area contributed by atoms with Crippen LogP contribution < -0.4 is 10.1 Å². The largest absolute Gasteiger partial charge is 0.488 e. The van der Waals surface area contributed by atoms with Crippen molar-refractivity contribution in [3.8, 4) is 5.75 Å². The lowest BCUT2D eigenvalue weighted by molar-refractivity contribution is -0.141. The number of halogens is 1. The van der Waals surface area contributed by atoms with Crippen LogP contribution in [0.3, 0.4) is 0 Å². The van der Waals surface area contributed by atoms with Crippen molar-refractivity contribution >= 4 is 35.1 Å². The number of hydrogen-bond acceptors (Lipinski definition) is 6. The number of fused-ring (bicyclic) bond motifs is 2. The fourth-order valence-corrected chi connectivity index (χ4v) is 3.59. The summed E-state index contributed by atoms with van der Waals surface area (Å²) in [5.74, 6) is 0.527. The van der Waals surface area contributed by atoms with Gasteiger partial charge in [0, 0.05) is 12.5 Å². The van der Waals surface area contributed by atoms with E-state index in [-0.39, 0.29) is 25.1 Å². The average Bonchev–Trinajstić information content (AvgIpc) is 3.00. The van der Waals surface area contributed by atoms with Crippen molar-refractivity contribution in [2.24, 2.45) is 4.99 Å². The van der Waals surface area contributed by atoms with Crippen LogP contribution in [0.1, 0.15) is 24.1 Å². The van der Waals surface area contributed by atoms with E-state index in [1.54, 1.807) is 12.1 Å². The molecule has 28 heavy (non-hydrogen) atoms. The molecule has 1 N–H and O–H groups in total. The highest BCUT2D eigenvalue weighted by molar-refractivity contribution is 6.33. The first kappa shape index (κ1) is 18.3. The number of carbonyl (C=O) groups is 2. The minimum atomic E-state index is -0.460. The maximum atomic E-state index is 12.5. The number of aliphatic imine (C=N–C) groups is 1. The van der Waals surface area contributed by atoms with Gasteiger partial charge < -0.3 is 14.4 Å². The zero-order valence-electron chi connectivity index (χ0n) is 15.1. The van der Waals surface area contributed by atoms with Gasteiger partial charge in [0.1, 0.15) is 25.0 Å². The molecule has 1 atom stereocenters. The van der Waals surface area contributed by atoms with Crippen molar-refractivity contribution in [2.45, 2.75) is 19.5 Å². The highest BCUT2D eigenvalue weighted by atomic mass is 35.5. The van der Waals surface area contributed by atoms with Gasteiger partial charge in [-0.15, -0.1) is 0 Å². The molecular formula is C20H18ClN3O4. The van der Waals surface area contributed by atoms with Crippen LogP contribution >= 0.6 is 11.6 Å². The van der Waals surface area contributed by atoms with Crippen molar-refractivity contribution in [1.82, 2.24) is 10.2 Å². The third-order valence-electron chi connectivity index (χ3n) is 4.57. The molecule has 8 heteroatoms.